The Morgan fingerprint density at radius 2 is 0.881 bits per heavy atom. The SMILES string of the molecule is C=CCC(CCCCCCCCCCCCCCCC)C(=O)OCCCCCCCCCCCCCCCCCCO. The summed E-state index contributed by atoms with van der Waals surface area (Å²) in [6.07, 6.45) is 43.3. The van der Waals surface area contributed by atoms with Gasteiger partial charge in [0.15, 0.2) is 0 Å². The lowest BCUT2D eigenvalue weighted by molar-refractivity contribution is -0.148. The maximum Gasteiger partial charge on any atom is 0.309 e. The van der Waals surface area contributed by atoms with Crippen molar-refractivity contribution in [1.82, 2.24) is 0 Å². The Kier molecular flexibility index (Phi) is 35.6. The molecule has 0 saturated carbocycles. The predicted molar refractivity (Wildman–Crippen MR) is 185 cm³/mol. The van der Waals surface area contributed by atoms with E-state index in [-0.39, 0.29) is 11.9 Å². The molecule has 0 aliphatic carbocycles. The molecular formula is C39H76O3. The fraction of sp³-hybridized carbons (Fsp3) is 0.923. The van der Waals surface area contributed by atoms with Crippen LogP contribution in [0.5, 0.6) is 0 Å². The van der Waals surface area contributed by atoms with Crippen LogP contribution in [0.2, 0.25) is 0 Å². The number of hydrogen-bond acceptors (Lipinski definition) is 3. The number of ether oxygens (including phenoxy) is 1. The predicted octanol–water partition coefficient (Wildman–Crippen LogP) is 12.8. The van der Waals surface area contributed by atoms with Gasteiger partial charge in [0.25, 0.3) is 0 Å². The standard InChI is InChI=1S/C39H76O3/c1-3-5-6-7-8-9-10-11-16-19-22-25-28-31-35-38(34-4-2)39(41)42-37-33-30-27-24-21-18-15-13-12-14-17-20-23-26-29-32-36-40/h4,38,40H,2-3,5-37H2,1H3. The third kappa shape index (κ3) is 32.1. The second kappa shape index (κ2) is 36.4. The molecule has 0 aliphatic heterocycles. The first-order valence-corrected chi connectivity index (χ1v) is 19.1. The third-order valence-corrected chi connectivity index (χ3v) is 8.99. The number of aliphatic hydroxyl groups is 1. The highest BCUT2D eigenvalue weighted by molar-refractivity contribution is 5.72. The van der Waals surface area contributed by atoms with Crippen LogP contribution < -0.4 is 0 Å². The highest BCUT2D eigenvalue weighted by Crippen LogP contribution is 2.19. The monoisotopic (exact) mass is 593 g/mol. The van der Waals surface area contributed by atoms with Gasteiger partial charge in [-0.3, -0.25) is 4.79 Å². The molecule has 250 valence electrons. The van der Waals surface area contributed by atoms with Gasteiger partial charge in [0.2, 0.25) is 0 Å². The molecule has 0 bridgehead atoms. The minimum Gasteiger partial charge on any atom is -0.465 e. The van der Waals surface area contributed by atoms with Crippen molar-refractivity contribution in [2.75, 3.05) is 13.2 Å². The molecule has 0 spiro atoms. The zero-order valence-corrected chi connectivity index (χ0v) is 28.7. The molecule has 0 aromatic heterocycles. The van der Waals surface area contributed by atoms with E-state index < -0.39 is 0 Å². The average Bonchev–Trinajstić information content (AvgIpc) is 3.00. The fourth-order valence-corrected chi connectivity index (χ4v) is 6.10. The Bertz CT molecular complexity index is 532. The smallest absolute Gasteiger partial charge is 0.309 e. The summed E-state index contributed by atoms with van der Waals surface area (Å²) in [6.45, 7) is 7.10. The number of aliphatic hydroxyl groups excluding tert-OH is 1. The van der Waals surface area contributed by atoms with Crippen LogP contribution in [0, 0.1) is 5.92 Å². The second-order valence-electron chi connectivity index (χ2n) is 13.2. The number of hydrogen-bond donors (Lipinski definition) is 1. The zero-order valence-electron chi connectivity index (χ0n) is 28.7. The van der Waals surface area contributed by atoms with Crippen molar-refractivity contribution in [2.24, 2.45) is 5.92 Å². The summed E-state index contributed by atoms with van der Waals surface area (Å²) in [5.74, 6) is 0.0167. The molecule has 0 fully saturated rings. The van der Waals surface area contributed by atoms with E-state index in [1.807, 2.05) is 6.08 Å². The minimum atomic E-state index is 0.00583. The lowest BCUT2D eigenvalue weighted by Gasteiger charge is -2.14. The van der Waals surface area contributed by atoms with Crippen molar-refractivity contribution in [2.45, 2.75) is 212 Å². The van der Waals surface area contributed by atoms with Gasteiger partial charge in [-0.25, -0.2) is 0 Å². The van der Waals surface area contributed by atoms with Gasteiger partial charge in [0.1, 0.15) is 0 Å². The number of allylic oxidation sites excluding steroid dienone is 1. The quantitative estimate of drug-likeness (QED) is 0.0447. The van der Waals surface area contributed by atoms with Crippen molar-refractivity contribution in [1.29, 1.82) is 0 Å². The molecule has 3 nitrogen and oxygen atoms in total. The van der Waals surface area contributed by atoms with Crippen LogP contribution in [0.4, 0.5) is 0 Å². The molecule has 3 heteroatoms. The lowest BCUT2D eigenvalue weighted by Crippen LogP contribution is -2.18. The van der Waals surface area contributed by atoms with Gasteiger partial charge in [-0.05, 0) is 25.7 Å². The molecule has 0 aromatic rings. The van der Waals surface area contributed by atoms with E-state index in [9.17, 15) is 4.79 Å². The van der Waals surface area contributed by atoms with Crippen LogP contribution in [0.1, 0.15) is 212 Å². The van der Waals surface area contributed by atoms with E-state index in [2.05, 4.69) is 13.5 Å². The van der Waals surface area contributed by atoms with Gasteiger partial charge in [0.05, 0.1) is 12.5 Å². The largest absolute Gasteiger partial charge is 0.465 e. The number of carbonyl (C=O) groups excluding carboxylic acids is 1. The molecule has 42 heavy (non-hydrogen) atoms. The first kappa shape index (κ1) is 41.2. The Morgan fingerprint density at radius 3 is 1.24 bits per heavy atom. The summed E-state index contributed by atoms with van der Waals surface area (Å²) in [6, 6.07) is 0. The van der Waals surface area contributed by atoms with E-state index in [0.29, 0.717) is 13.2 Å². The molecule has 0 saturated heterocycles. The number of unbranched alkanes of at least 4 members (excludes halogenated alkanes) is 28. The highest BCUT2D eigenvalue weighted by Gasteiger charge is 2.18. The molecule has 0 aromatic carbocycles. The van der Waals surface area contributed by atoms with Crippen LogP contribution in [0.25, 0.3) is 0 Å². The van der Waals surface area contributed by atoms with E-state index in [1.54, 1.807) is 0 Å². The first-order valence-electron chi connectivity index (χ1n) is 19.1. The fourth-order valence-electron chi connectivity index (χ4n) is 6.10. The van der Waals surface area contributed by atoms with E-state index in [1.165, 1.54) is 173 Å². The first-order chi connectivity index (χ1) is 20.8. The topological polar surface area (TPSA) is 46.5 Å². The Hall–Kier alpha value is -0.830. The van der Waals surface area contributed by atoms with Crippen LogP contribution in [-0.2, 0) is 9.53 Å². The lowest BCUT2D eigenvalue weighted by atomic mass is 9.97. The number of esters is 1. The normalized spacial score (nSPS) is 12.0. The minimum absolute atomic E-state index is 0.00583. The summed E-state index contributed by atoms with van der Waals surface area (Å²) in [5, 5.41) is 8.80. The maximum atomic E-state index is 12.6. The summed E-state index contributed by atoms with van der Waals surface area (Å²) < 4.78 is 5.65. The average molecular weight is 593 g/mol. The van der Waals surface area contributed by atoms with Crippen LogP contribution >= 0.6 is 0 Å². The van der Waals surface area contributed by atoms with Crippen molar-refractivity contribution in [3.05, 3.63) is 12.7 Å². The summed E-state index contributed by atoms with van der Waals surface area (Å²) >= 11 is 0. The number of carbonyl (C=O) groups is 1. The van der Waals surface area contributed by atoms with Gasteiger partial charge in [-0.2, -0.15) is 0 Å². The summed E-state index contributed by atoms with van der Waals surface area (Å²) in [7, 11) is 0. The van der Waals surface area contributed by atoms with E-state index in [0.717, 1.165) is 32.1 Å². The van der Waals surface area contributed by atoms with Crippen molar-refractivity contribution in [3.63, 3.8) is 0 Å². The molecular weight excluding hydrogens is 516 g/mol. The van der Waals surface area contributed by atoms with E-state index in [4.69, 9.17) is 9.84 Å². The third-order valence-electron chi connectivity index (χ3n) is 8.99. The van der Waals surface area contributed by atoms with Crippen molar-refractivity contribution >= 4 is 5.97 Å². The molecule has 0 rings (SSSR count). The second-order valence-corrected chi connectivity index (χ2v) is 13.2. The van der Waals surface area contributed by atoms with Crippen molar-refractivity contribution < 1.29 is 14.6 Å². The summed E-state index contributed by atoms with van der Waals surface area (Å²) in [5.41, 5.74) is 0. The van der Waals surface area contributed by atoms with E-state index >= 15 is 0 Å². The molecule has 0 radical (unpaired) electrons. The molecule has 1 unspecified atom stereocenters. The Morgan fingerprint density at radius 1 is 0.548 bits per heavy atom. The zero-order chi connectivity index (χ0) is 30.6. The van der Waals surface area contributed by atoms with Crippen LogP contribution in [-0.4, -0.2) is 24.3 Å². The Labute approximate surface area is 264 Å². The van der Waals surface area contributed by atoms with Gasteiger partial charge in [-0.15, -0.1) is 6.58 Å². The molecule has 0 heterocycles. The summed E-state index contributed by atoms with van der Waals surface area (Å²) in [4.78, 5) is 12.6. The van der Waals surface area contributed by atoms with Gasteiger partial charge >= 0.3 is 5.97 Å². The molecule has 1 N–H and O–H groups in total. The van der Waals surface area contributed by atoms with Gasteiger partial charge < -0.3 is 9.84 Å². The Balaban J connectivity index is 3.48. The van der Waals surface area contributed by atoms with Gasteiger partial charge in [-0.1, -0.05) is 193 Å². The molecule has 0 amide bonds. The maximum absolute atomic E-state index is 12.6. The molecule has 0 aliphatic rings. The van der Waals surface area contributed by atoms with Crippen LogP contribution in [0.3, 0.4) is 0 Å². The van der Waals surface area contributed by atoms with Crippen LogP contribution in [0.15, 0.2) is 12.7 Å². The number of rotatable bonds is 36. The van der Waals surface area contributed by atoms with Crippen molar-refractivity contribution in [3.8, 4) is 0 Å². The molecule has 1 atom stereocenters. The van der Waals surface area contributed by atoms with Gasteiger partial charge in [0, 0.05) is 6.61 Å². The highest BCUT2D eigenvalue weighted by atomic mass is 16.5.